The van der Waals surface area contributed by atoms with Crippen LogP contribution >= 0.6 is 0 Å². The van der Waals surface area contributed by atoms with Gasteiger partial charge >= 0.3 is 0 Å². The summed E-state index contributed by atoms with van der Waals surface area (Å²) in [6, 6.07) is 11.9. The maximum absolute atomic E-state index is 14.1. The van der Waals surface area contributed by atoms with Gasteiger partial charge in [-0.15, -0.1) is 0 Å². The first kappa shape index (κ1) is 21.6. The number of halogens is 2. The summed E-state index contributed by atoms with van der Waals surface area (Å²) >= 11 is 0. The number of hydrogen-bond donors (Lipinski definition) is 0. The van der Waals surface area contributed by atoms with Crippen LogP contribution in [0.1, 0.15) is 43.9 Å². The maximum Gasteiger partial charge on any atom is 0.225 e. The Morgan fingerprint density at radius 1 is 0.879 bits per heavy atom. The van der Waals surface area contributed by atoms with E-state index in [4.69, 9.17) is 4.74 Å². The number of aromatic nitrogens is 2. The predicted octanol–water partition coefficient (Wildman–Crippen LogP) is 5.36. The fraction of sp³-hybridized carbons (Fsp3) is 0.346. The third kappa shape index (κ3) is 4.50. The summed E-state index contributed by atoms with van der Waals surface area (Å²) in [4.78, 5) is 15.9. The van der Waals surface area contributed by atoms with E-state index in [0.29, 0.717) is 18.1 Å². The van der Waals surface area contributed by atoms with Crippen molar-refractivity contribution in [2.24, 2.45) is 4.99 Å². The highest BCUT2D eigenvalue weighted by Gasteiger charge is 2.25. The van der Waals surface area contributed by atoms with Crippen LogP contribution in [0, 0.1) is 11.6 Å². The van der Waals surface area contributed by atoms with Gasteiger partial charge in [-0.1, -0.05) is 30.3 Å². The van der Waals surface area contributed by atoms with Gasteiger partial charge in [-0.05, 0) is 49.9 Å². The highest BCUT2D eigenvalue weighted by molar-refractivity contribution is 6.02. The Kier molecular flexibility index (Phi) is 5.89. The van der Waals surface area contributed by atoms with Crippen LogP contribution < -0.4 is 4.90 Å². The largest absolute Gasteiger partial charge is 0.372 e. The Morgan fingerprint density at radius 2 is 1.52 bits per heavy atom. The number of anilines is 1. The Labute approximate surface area is 192 Å². The molecule has 3 atom stereocenters. The molecular weight excluding hydrogens is 422 g/mol. The van der Waals surface area contributed by atoms with Crippen LogP contribution in [0.3, 0.4) is 0 Å². The van der Waals surface area contributed by atoms with E-state index >= 15 is 0 Å². The highest BCUT2D eigenvalue weighted by atomic mass is 19.1. The second-order valence-electron chi connectivity index (χ2n) is 8.78. The van der Waals surface area contributed by atoms with E-state index in [1.54, 1.807) is 0 Å². The van der Waals surface area contributed by atoms with Gasteiger partial charge in [-0.3, -0.25) is 4.99 Å². The van der Waals surface area contributed by atoms with Gasteiger partial charge in [0.15, 0.2) is 0 Å². The minimum absolute atomic E-state index is 0.00193. The zero-order chi connectivity index (χ0) is 22.9. The summed E-state index contributed by atoms with van der Waals surface area (Å²) in [5.74, 6) is -0.408. The van der Waals surface area contributed by atoms with Gasteiger partial charge in [0.05, 0.1) is 23.8 Å². The standard InChI is InChI=1S/C26H26F2N4O/c1-16-14-32(15-17(2)33-16)26-29-12-20(13-30-26)18-6-8-19(9-7-18)23-10-11-24(31-23)25-21(27)4-3-5-22(25)28/h3-9,12-13,16-17,23H,10-11,14-15H2,1-2H3/t16-,17+,23?. The van der Waals surface area contributed by atoms with Gasteiger partial charge in [0, 0.05) is 36.8 Å². The normalized spacial score (nSPS) is 23.0. The summed E-state index contributed by atoms with van der Waals surface area (Å²) in [6.07, 6.45) is 5.27. The summed E-state index contributed by atoms with van der Waals surface area (Å²) in [5, 5.41) is 0. The third-order valence-corrected chi connectivity index (χ3v) is 6.19. The minimum atomic E-state index is -0.561. The Morgan fingerprint density at radius 3 is 2.15 bits per heavy atom. The summed E-state index contributed by atoms with van der Waals surface area (Å²) in [5.41, 5.74) is 3.47. The number of ether oxygens (including phenoxy) is 1. The molecule has 0 N–H and O–H groups in total. The van der Waals surface area contributed by atoms with Crippen LogP contribution in [0.4, 0.5) is 14.7 Å². The molecule has 1 saturated heterocycles. The molecule has 5 rings (SSSR count). The van der Waals surface area contributed by atoms with Crippen LogP contribution in [0.2, 0.25) is 0 Å². The third-order valence-electron chi connectivity index (χ3n) is 6.19. The topological polar surface area (TPSA) is 50.6 Å². The molecule has 170 valence electrons. The van der Waals surface area contributed by atoms with Gasteiger partial charge < -0.3 is 9.64 Å². The first-order chi connectivity index (χ1) is 16.0. The SMILES string of the molecule is C[C@@H]1CN(c2ncc(-c3ccc(C4CCC(c5c(F)cccc5F)=N4)cc3)cn2)C[C@H](C)O1. The van der Waals surface area contributed by atoms with Crippen molar-refractivity contribution in [3.8, 4) is 11.1 Å². The van der Waals surface area contributed by atoms with Crippen molar-refractivity contribution in [1.82, 2.24) is 9.97 Å². The van der Waals surface area contributed by atoms with E-state index in [0.717, 1.165) is 36.2 Å². The molecule has 2 aliphatic rings. The smallest absolute Gasteiger partial charge is 0.225 e. The van der Waals surface area contributed by atoms with Crippen molar-refractivity contribution in [3.63, 3.8) is 0 Å². The second kappa shape index (κ2) is 8.98. The number of morpholine rings is 1. The molecule has 3 aromatic rings. The molecule has 0 bridgehead atoms. The molecular formula is C26H26F2N4O. The lowest BCUT2D eigenvalue weighted by Gasteiger charge is -2.35. The van der Waals surface area contributed by atoms with E-state index in [1.165, 1.54) is 18.2 Å². The Balaban J connectivity index is 1.31. The molecule has 7 heteroatoms. The van der Waals surface area contributed by atoms with E-state index < -0.39 is 11.6 Å². The average Bonchev–Trinajstić information content (AvgIpc) is 3.28. The van der Waals surface area contributed by atoms with Crippen LogP contribution in [0.15, 0.2) is 59.9 Å². The average molecular weight is 449 g/mol. The molecule has 2 aliphatic heterocycles. The van der Waals surface area contributed by atoms with E-state index in [2.05, 4.69) is 33.7 Å². The summed E-state index contributed by atoms with van der Waals surface area (Å²) in [6.45, 7) is 5.67. The molecule has 1 fully saturated rings. The predicted molar refractivity (Wildman–Crippen MR) is 125 cm³/mol. The number of rotatable bonds is 4. The molecule has 5 nitrogen and oxygen atoms in total. The van der Waals surface area contributed by atoms with Gasteiger partial charge in [-0.25, -0.2) is 18.7 Å². The molecule has 0 amide bonds. The van der Waals surface area contributed by atoms with Crippen molar-refractivity contribution < 1.29 is 13.5 Å². The van der Waals surface area contributed by atoms with Crippen molar-refractivity contribution in [2.45, 2.75) is 44.9 Å². The van der Waals surface area contributed by atoms with E-state index in [9.17, 15) is 8.78 Å². The molecule has 0 saturated carbocycles. The molecule has 3 heterocycles. The molecule has 0 radical (unpaired) electrons. The lowest BCUT2D eigenvalue weighted by molar-refractivity contribution is -0.00571. The molecule has 0 aliphatic carbocycles. The summed E-state index contributed by atoms with van der Waals surface area (Å²) < 4.78 is 34.0. The van der Waals surface area contributed by atoms with Crippen molar-refractivity contribution in [3.05, 3.63) is 77.6 Å². The van der Waals surface area contributed by atoms with Crippen molar-refractivity contribution in [1.29, 1.82) is 0 Å². The minimum Gasteiger partial charge on any atom is -0.372 e. The molecule has 33 heavy (non-hydrogen) atoms. The van der Waals surface area contributed by atoms with Gasteiger partial charge in [0.25, 0.3) is 0 Å². The molecule has 2 aromatic carbocycles. The number of aliphatic imine (C=N–C) groups is 1. The second-order valence-corrected chi connectivity index (χ2v) is 8.78. The van der Waals surface area contributed by atoms with Gasteiger partial charge in [0.2, 0.25) is 5.95 Å². The molecule has 0 spiro atoms. The number of nitrogens with zero attached hydrogens (tertiary/aromatic N) is 4. The van der Waals surface area contributed by atoms with Crippen molar-refractivity contribution >= 4 is 11.7 Å². The zero-order valence-corrected chi connectivity index (χ0v) is 18.7. The number of hydrogen-bond acceptors (Lipinski definition) is 5. The Bertz CT molecular complexity index is 1130. The lowest BCUT2D eigenvalue weighted by Crippen LogP contribution is -2.46. The first-order valence-corrected chi connectivity index (χ1v) is 11.3. The lowest BCUT2D eigenvalue weighted by atomic mass is 10.0. The zero-order valence-electron chi connectivity index (χ0n) is 18.7. The fourth-order valence-corrected chi connectivity index (χ4v) is 4.67. The van der Waals surface area contributed by atoms with Crippen LogP contribution in [-0.2, 0) is 4.74 Å². The van der Waals surface area contributed by atoms with Crippen LogP contribution in [0.25, 0.3) is 11.1 Å². The van der Waals surface area contributed by atoms with E-state index in [1.807, 2.05) is 36.7 Å². The Hall–Kier alpha value is -3.19. The first-order valence-electron chi connectivity index (χ1n) is 11.3. The number of benzene rings is 2. The van der Waals surface area contributed by atoms with Crippen LogP contribution in [-0.4, -0.2) is 41.0 Å². The van der Waals surface area contributed by atoms with Gasteiger partial charge in [-0.2, -0.15) is 0 Å². The van der Waals surface area contributed by atoms with Gasteiger partial charge in [0.1, 0.15) is 11.6 Å². The molecule has 1 aromatic heterocycles. The van der Waals surface area contributed by atoms with E-state index in [-0.39, 0.29) is 23.8 Å². The molecule has 1 unspecified atom stereocenters. The van der Waals surface area contributed by atoms with Crippen LogP contribution in [0.5, 0.6) is 0 Å². The summed E-state index contributed by atoms with van der Waals surface area (Å²) in [7, 11) is 0. The monoisotopic (exact) mass is 448 g/mol. The van der Waals surface area contributed by atoms with Crippen molar-refractivity contribution in [2.75, 3.05) is 18.0 Å². The highest BCUT2D eigenvalue weighted by Crippen LogP contribution is 2.33. The maximum atomic E-state index is 14.1. The quantitative estimate of drug-likeness (QED) is 0.539. The fourth-order valence-electron chi connectivity index (χ4n) is 4.67.